The number of carbonyl (C=O) groups is 2. The van der Waals surface area contributed by atoms with Crippen LogP contribution >= 0.6 is 0 Å². The standard InChI is InChI=1S/C4H7NO5/c5-3(8)1(6)2(7)4(9)10/h1-2,6-7H,(H2,5,8)(H,9,10)/t1-,2-/m1/s1. The molecule has 0 heterocycles. The lowest BCUT2D eigenvalue weighted by Crippen LogP contribution is -2.43. The van der Waals surface area contributed by atoms with Crippen LogP contribution < -0.4 is 5.73 Å². The number of nitrogens with two attached hydrogens (primary N) is 1. The number of carbonyl (C=O) groups excluding carboxylic acids is 1. The van der Waals surface area contributed by atoms with Crippen LogP contribution in [-0.4, -0.2) is 39.4 Å². The predicted molar refractivity (Wildman–Crippen MR) is 28.8 cm³/mol. The van der Waals surface area contributed by atoms with Crippen LogP contribution in [0.3, 0.4) is 0 Å². The molecule has 0 aromatic heterocycles. The van der Waals surface area contributed by atoms with E-state index in [0.29, 0.717) is 0 Å². The first-order chi connectivity index (χ1) is 4.46. The molecule has 5 N–H and O–H groups in total. The number of amides is 1. The summed E-state index contributed by atoms with van der Waals surface area (Å²) in [4.78, 5) is 19.8. The van der Waals surface area contributed by atoms with Gasteiger partial charge in [0.25, 0.3) is 0 Å². The van der Waals surface area contributed by atoms with Crippen molar-refractivity contribution >= 4 is 11.9 Å². The third-order valence-electron chi connectivity index (χ3n) is 0.844. The summed E-state index contributed by atoms with van der Waals surface area (Å²) in [5.74, 6) is -2.96. The van der Waals surface area contributed by atoms with Gasteiger partial charge in [-0.15, -0.1) is 0 Å². The Bertz CT molecular complexity index is 138. The van der Waals surface area contributed by atoms with E-state index in [-0.39, 0.29) is 0 Å². The number of rotatable bonds is 3. The first-order valence-corrected chi connectivity index (χ1v) is 2.35. The van der Waals surface area contributed by atoms with Gasteiger partial charge in [0.05, 0.1) is 0 Å². The minimum Gasteiger partial charge on any atom is -0.479 e. The third-order valence-corrected chi connectivity index (χ3v) is 0.844. The van der Waals surface area contributed by atoms with Crippen LogP contribution in [0.1, 0.15) is 0 Å². The van der Waals surface area contributed by atoms with Crippen LogP contribution in [0.4, 0.5) is 0 Å². The Hall–Kier alpha value is -1.14. The Balaban J connectivity index is 4.07. The molecule has 0 spiro atoms. The van der Waals surface area contributed by atoms with Crippen molar-refractivity contribution in [1.29, 1.82) is 0 Å². The van der Waals surface area contributed by atoms with E-state index in [1.165, 1.54) is 0 Å². The largest absolute Gasteiger partial charge is 0.479 e. The topological polar surface area (TPSA) is 121 Å². The van der Waals surface area contributed by atoms with Crippen molar-refractivity contribution in [3.63, 3.8) is 0 Å². The average Bonchev–Trinajstić information content (AvgIpc) is 1.84. The third kappa shape index (κ3) is 2.00. The summed E-state index contributed by atoms with van der Waals surface area (Å²) in [5.41, 5.74) is 4.46. The Kier molecular flexibility index (Phi) is 2.78. The van der Waals surface area contributed by atoms with Gasteiger partial charge >= 0.3 is 5.97 Å². The Morgan fingerprint density at radius 2 is 1.60 bits per heavy atom. The van der Waals surface area contributed by atoms with E-state index < -0.39 is 24.1 Å². The molecule has 0 bridgehead atoms. The lowest BCUT2D eigenvalue weighted by Gasteiger charge is -2.08. The predicted octanol–water partition coefficient (Wildman–Crippen LogP) is -2.72. The molecular formula is C4H7NO5. The second-order valence-corrected chi connectivity index (χ2v) is 1.63. The zero-order valence-electron chi connectivity index (χ0n) is 4.89. The molecule has 0 fully saturated rings. The molecular weight excluding hydrogens is 142 g/mol. The molecule has 0 aromatic carbocycles. The molecule has 0 radical (unpaired) electrons. The highest BCUT2D eigenvalue weighted by Crippen LogP contribution is 1.91. The van der Waals surface area contributed by atoms with E-state index in [0.717, 1.165) is 0 Å². The van der Waals surface area contributed by atoms with Crippen LogP contribution in [-0.2, 0) is 9.59 Å². The number of carboxylic acids is 1. The van der Waals surface area contributed by atoms with Crippen molar-refractivity contribution in [2.24, 2.45) is 5.73 Å². The number of primary amides is 1. The van der Waals surface area contributed by atoms with Crippen LogP contribution in [0.15, 0.2) is 0 Å². The van der Waals surface area contributed by atoms with Crippen molar-refractivity contribution in [1.82, 2.24) is 0 Å². The number of carboxylic acid groups (broad SMARTS) is 1. The maximum atomic E-state index is 9.99. The highest BCUT2D eigenvalue weighted by Gasteiger charge is 2.27. The van der Waals surface area contributed by atoms with E-state index in [4.69, 9.17) is 15.3 Å². The lowest BCUT2D eigenvalue weighted by molar-refractivity contribution is -0.157. The highest BCUT2D eigenvalue weighted by molar-refractivity contribution is 5.86. The highest BCUT2D eigenvalue weighted by atomic mass is 16.4. The van der Waals surface area contributed by atoms with Gasteiger partial charge in [-0.3, -0.25) is 4.79 Å². The molecule has 0 aliphatic heterocycles. The van der Waals surface area contributed by atoms with Crippen molar-refractivity contribution in [2.75, 3.05) is 0 Å². The molecule has 0 rings (SSSR count). The van der Waals surface area contributed by atoms with Gasteiger partial charge in [-0.2, -0.15) is 0 Å². The molecule has 0 aliphatic carbocycles. The van der Waals surface area contributed by atoms with Crippen molar-refractivity contribution in [2.45, 2.75) is 12.2 Å². The smallest absolute Gasteiger partial charge is 0.335 e. The molecule has 1 amide bonds. The molecule has 0 unspecified atom stereocenters. The van der Waals surface area contributed by atoms with Crippen molar-refractivity contribution in [3.8, 4) is 0 Å². The fourth-order valence-electron chi connectivity index (χ4n) is 0.291. The molecule has 58 valence electrons. The van der Waals surface area contributed by atoms with E-state index in [1.54, 1.807) is 0 Å². The van der Waals surface area contributed by atoms with Gasteiger partial charge < -0.3 is 21.1 Å². The minimum absolute atomic E-state index is 1.27. The average molecular weight is 149 g/mol. The van der Waals surface area contributed by atoms with Crippen molar-refractivity contribution in [3.05, 3.63) is 0 Å². The normalized spacial score (nSPS) is 15.8. The number of aliphatic carboxylic acids is 1. The molecule has 6 nitrogen and oxygen atoms in total. The number of aliphatic hydroxyl groups is 2. The first-order valence-electron chi connectivity index (χ1n) is 2.35. The second-order valence-electron chi connectivity index (χ2n) is 1.63. The molecule has 0 saturated heterocycles. The van der Waals surface area contributed by atoms with Crippen LogP contribution in [0.5, 0.6) is 0 Å². The van der Waals surface area contributed by atoms with Crippen LogP contribution in [0.25, 0.3) is 0 Å². The molecule has 10 heavy (non-hydrogen) atoms. The van der Waals surface area contributed by atoms with Gasteiger partial charge in [0.1, 0.15) is 0 Å². The summed E-state index contributed by atoms with van der Waals surface area (Å²) < 4.78 is 0. The quantitative estimate of drug-likeness (QED) is 0.347. The summed E-state index contributed by atoms with van der Waals surface area (Å²) in [5, 5.41) is 24.9. The number of hydrogen-bond donors (Lipinski definition) is 4. The lowest BCUT2D eigenvalue weighted by atomic mass is 10.2. The Morgan fingerprint density at radius 3 is 1.70 bits per heavy atom. The summed E-state index contributed by atoms with van der Waals surface area (Å²) in [6, 6.07) is 0. The van der Waals surface area contributed by atoms with Gasteiger partial charge in [0.2, 0.25) is 5.91 Å². The van der Waals surface area contributed by atoms with Crippen LogP contribution in [0.2, 0.25) is 0 Å². The monoisotopic (exact) mass is 149 g/mol. The van der Waals surface area contributed by atoms with Gasteiger partial charge in [-0.05, 0) is 0 Å². The van der Waals surface area contributed by atoms with Gasteiger partial charge in [-0.1, -0.05) is 0 Å². The number of hydrogen-bond acceptors (Lipinski definition) is 4. The summed E-state index contributed by atoms with van der Waals surface area (Å²) in [6.45, 7) is 0. The maximum absolute atomic E-state index is 9.99. The Morgan fingerprint density at radius 1 is 1.20 bits per heavy atom. The molecule has 6 heteroatoms. The van der Waals surface area contributed by atoms with Crippen molar-refractivity contribution < 1.29 is 24.9 Å². The van der Waals surface area contributed by atoms with E-state index >= 15 is 0 Å². The summed E-state index contributed by atoms with van der Waals surface area (Å²) in [7, 11) is 0. The van der Waals surface area contributed by atoms with E-state index in [1.807, 2.05) is 0 Å². The fourth-order valence-corrected chi connectivity index (χ4v) is 0.291. The molecule has 0 aromatic rings. The zero-order valence-corrected chi connectivity index (χ0v) is 4.89. The van der Waals surface area contributed by atoms with E-state index in [9.17, 15) is 9.59 Å². The second kappa shape index (κ2) is 3.14. The maximum Gasteiger partial charge on any atom is 0.335 e. The van der Waals surface area contributed by atoms with Gasteiger partial charge in [0.15, 0.2) is 12.2 Å². The number of aliphatic hydroxyl groups excluding tert-OH is 2. The first kappa shape index (κ1) is 8.86. The summed E-state index contributed by atoms with van der Waals surface area (Å²) >= 11 is 0. The molecule has 0 aliphatic rings. The van der Waals surface area contributed by atoms with Crippen LogP contribution in [0, 0.1) is 0 Å². The SMILES string of the molecule is NC(=O)[C@H](O)[C@@H](O)C(=O)O. The zero-order chi connectivity index (χ0) is 8.31. The van der Waals surface area contributed by atoms with Gasteiger partial charge in [0, 0.05) is 0 Å². The molecule has 2 atom stereocenters. The fraction of sp³-hybridized carbons (Fsp3) is 0.500. The molecule has 0 saturated carbocycles. The summed E-state index contributed by atoms with van der Waals surface area (Å²) in [6.07, 6.45) is -4.19. The van der Waals surface area contributed by atoms with E-state index in [2.05, 4.69) is 5.73 Å². The minimum atomic E-state index is -2.14. The Labute approximate surface area is 55.9 Å². The van der Waals surface area contributed by atoms with Gasteiger partial charge in [-0.25, -0.2) is 4.79 Å².